The Hall–Kier alpha value is -1.25. The van der Waals surface area contributed by atoms with E-state index in [2.05, 4.69) is 34.3 Å². The van der Waals surface area contributed by atoms with E-state index in [1.165, 1.54) is 11.3 Å². The summed E-state index contributed by atoms with van der Waals surface area (Å²) in [6.45, 7) is 7.82. The predicted molar refractivity (Wildman–Crippen MR) is 85.1 cm³/mol. The summed E-state index contributed by atoms with van der Waals surface area (Å²) in [5.41, 5.74) is 1.62. The molecule has 1 aromatic rings. The molecule has 8 heteroatoms. The molecule has 3 atom stereocenters. The van der Waals surface area contributed by atoms with Gasteiger partial charge in [-0.05, 0) is 26.7 Å². The minimum Gasteiger partial charge on any atom is -0.373 e. The first-order valence-corrected chi connectivity index (χ1v) is 8.71. The van der Waals surface area contributed by atoms with Gasteiger partial charge >= 0.3 is 6.03 Å². The van der Waals surface area contributed by atoms with Crippen LogP contribution in [0.3, 0.4) is 0 Å². The topological polar surface area (TPSA) is 70.6 Å². The van der Waals surface area contributed by atoms with E-state index < -0.39 is 0 Å². The molecule has 0 saturated carbocycles. The highest BCUT2D eigenvalue weighted by atomic mass is 32.1. The van der Waals surface area contributed by atoms with Crippen molar-refractivity contribution in [1.29, 1.82) is 0 Å². The summed E-state index contributed by atoms with van der Waals surface area (Å²) >= 11 is 1.34. The van der Waals surface area contributed by atoms with Crippen LogP contribution in [0, 0.1) is 0 Å². The van der Waals surface area contributed by atoms with Crippen LogP contribution in [0.25, 0.3) is 0 Å². The maximum absolute atomic E-state index is 12.4. The number of hydrogen-bond acceptors (Lipinski definition) is 6. The third kappa shape index (κ3) is 3.74. The summed E-state index contributed by atoms with van der Waals surface area (Å²) in [5.74, 6) is 0. The fourth-order valence-electron chi connectivity index (χ4n) is 3.42. The number of urea groups is 1. The number of carbonyl (C=O) groups excluding carboxylic acids is 1. The molecule has 0 aliphatic carbocycles. The normalized spacial score (nSPS) is 29.7. The number of ether oxygens (including phenoxy) is 1. The van der Waals surface area contributed by atoms with E-state index in [9.17, 15) is 4.79 Å². The zero-order chi connectivity index (χ0) is 15.5. The number of carbonyl (C=O) groups is 1. The van der Waals surface area contributed by atoms with Crippen LogP contribution in [0.1, 0.15) is 26.7 Å². The van der Waals surface area contributed by atoms with Crippen molar-refractivity contribution >= 4 is 22.5 Å². The molecule has 2 saturated heterocycles. The fraction of sp³-hybridized carbons (Fsp3) is 0.786. The number of nitrogens with one attached hydrogen (secondary N) is 1. The molecule has 22 heavy (non-hydrogen) atoms. The average molecular weight is 325 g/mol. The van der Waals surface area contributed by atoms with Gasteiger partial charge in [0, 0.05) is 32.2 Å². The largest absolute Gasteiger partial charge is 0.373 e. The Kier molecular flexibility index (Phi) is 4.90. The lowest BCUT2D eigenvalue weighted by Gasteiger charge is -2.38. The minimum absolute atomic E-state index is 0.0615. The maximum atomic E-state index is 12.4. The van der Waals surface area contributed by atoms with Gasteiger partial charge < -0.3 is 9.64 Å². The number of rotatable bonds is 3. The van der Waals surface area contributed by atoms with Crippen LogP contribution in [-0.2, 0) is 4.74 Å². The average Bonchev–Trinajstić information content (AvgIpc) is 3.08. The van der Waals surface area contributed by atoms with Crippen molar-refractivity contribution in [2.24, 2.45) is 0 Å². The molecule has 2 fully saturated rings. The third-order valence-corrected chi connectivity index (χ3v) is 4.78. The monoisotopic (exact) mass is 325 g/mol. The number of anilines is 1. The lowest BCUT2D eigenvalue weighted by atomic mass is 10.1. The summed E-state index contributed by atoms with van der Waals surface area (Å²) < 4.78 is 5.78. The van der Waals surface area contributed by atoms with Crippen LogP contribution in [-0.4, -0.2) is 70.5 Å². The smallest absolute Gasteiger partial charge is 0.323 e. The summed E-state index contributed by atoms with van der Waals surface area (Å²) in [7, 11) is 0. The Bertz CT molecular complexity index is 487. The van der Waals surface area contributed by atoms with Gasteiger partial charge in [0.1, 0.15) is 5.51 Å². The molecule has 0 bridgehead atoms. The van der Waals surface area contributed by atoms with Crippen molar-refractivity contribution in [2.45, 2.75) is 44.9 Å². The summed E-state index contributed by atoms with van der Waals surface area (Å²) in [6.07, 6.45) is 2.63. The summed E-state index contributed by atoms with van der Waals surface area (Å²) in [4.78, 5) is 16.8. The molecule has 1 N–H and O–H groups in total. The number of aromatic nitrogens is 2. The van der Waals surface area contributed by atoms with Crippen LogP contribution in [0.4, 0.5) is 9.93 Å². The van der Waals surface area contributed by atoms with E-state index in [1.807, 2.05) is 4.90 Å². The first-order chi connectivity index (χ1) is 10.6. The first kappa shape index (κ1) is 15.6. The number of nitrogens with zero attached hydrogens (tertiary/aromatic N) is 4. The maximum Gasteiger partial charge on any atom is 0.323 e. The molecule has 3 heterocycles. The first-order valence-electron chi connectivity index (χ1n) is 7.83. The predicted octanol–water partition coefficient (Wildman–Crippen LogP) is 1.64. The van der Waals surface area contributed by atoms with E-state index >= 15 is 0 Å². The SMILES string of the molecule is C[C@@H]1CN(C[C@H]2CCCN2C(=O)Nc2nncs2)C[C@H](C)O1. The van der Waals surface area contributed by atoms with Crippen LogP contribution < -0.4 is 5.32 Å². The van der Waals surface area contributed by atoms with Gasteiger partial charge in [-0.3, -0.25) is 10.2 Å². The van der Waals surface area contributed by atoms with Crippen LogP contribution in [0.2, 0.25) is 0 Å². The second-order valence-corrected chi connectivity index (χ2v) is 6.97. The highest BCUT2D eigenvalue weighted by Crippen LogP contribution is 2.22. The molecule has 1 aromatic heterocycles. The number of morpholine rings is 1. The minimum atomic E-state index is -0.0615. The quantitative estimate of drug-likeness (QED) is 0.915. The molecule has 7 nitrogen and oxygen atoms in total. The molecule has 2 aliphatic heterocycles. The van der Waals surface area contributed by atoms with E-state index in [1.54, 1.807) is 5.51 Å². The van der Waals surface area contributed by atoms with Gasteiger partial charge in [0.15, 0.2) is 0 Å². The molecule has 3 rings (SSSR count). The molecule has 2 amide bonds. The number of likely N-dealkylation sites (tertiary alicyclic amines) is 1. The molecule has 0 aromatic carbocycles. The van der Waals surface area contributed by atoms with Crippen LogP contribution >= 0.6 is 11.3 Å². The van der Waals surface area contributed by atoms with Crippen molar-refractivity contribution in [3.05, 3.63) is 5.51 Å². The van der Waals surface area contributed by atoms with Crippen molar-refractivity contribution in [3.8, 4) is 0 Å². The molecule has 2 aliphatic rings. The molecule has 0 unspecified atom stereocenters. The van der Waals surface area contributed by atoms with Gasteiger partial charge in [-0.1, -0.05) is 11.3 Å². The van der Waals surface area contributed by atoms with E-state index in [0.29, 0.717) is 5.13 Å². The van der Waals surface area contributed by atoms with Gasteiger partial charge in [0.05, 0.1) is 12.2 Å². The molecular formula is C14H23N5O2S. The van der Waals surface area contributed by atoms with Crippen LogP contribution in [0.15, 0.2) is 5.51 Å². The van der Waals surface area contributed by atoms with Gasteiger partial charge in [-0.15, -0.1) is 10.2 Å². The van der Waals surface area contributed by atoms with Gasteiger partial charge in [0.2, 0.25) is 5.13 Å². The molecule has 122 valence electrons. The van der Waals surface area contributed by atoms with Crippen molar-refractivity contribution in [2.75, 3.05) is 31.5 Å². The van der Waals surface area contributed by atoms with Crippen molar-refractivity contribution in [1.82, 2.24) is 20.0 Å². The van der Waals surface area contributed by atoms with Gasteiger partial charge in [-0.2, -0.15) is 0 Å². The standard InChI is InChI=1S/C14H23N5O2S/c1-10-6-18(7-11(2)21-10)8-12-4-3-5-19(12)14(20)16-13-17-15-9-22-13/h9-12H,3-8H2,1-2H3,(H,16,17,20)/t10-,11+,12-/m1/s1. The van der Waals surface area contributed by atoms with E-state index in [4.69, 9.17) is 4.74 Å². The molecule has 0 radical (unpaired) electrons. The lowest BCUT2D eigenvalue weighted by Crippen LogP contribution is -2.51. The summed E-state index contributed by atoms with van der Waals surface area (Å²) in [6, 6.07) is 0.207. The second kappa shape index (κ2) is 6.89. The van der Waals surface area contributed by atoms with Gasteiger partial charge in [-0.25, -0.2) is 4.79 Å². The Morgan fingerprint density at radius 2 is 2.23 bits per heavy atom. The Morgan fingerprint density at radius 3 is 2.91 bits per heavy atom. The summed E-state index contributed by atoms with van der Waals surface area (Å²) in [5, 5.41) is 11.0. The Balaban J connectivity index is 1.57. The van der Waals surface area contributed by atoms with E-state index in [-0.39, 0.29) is 24.3 Å². The number of amides is 2. The lowest BCUT2D eigenvalue weighted by molar-refractivity contribution is -0.0712. The van der Waals surface area contributed by atoms with Crippen molar-refractivity contribution in [3.63, 3.8) is 0 Å². The van der Waals surface area contributed by atoms with Gasteiger partial charge in [0.25, 0.3) is 0 Å². The second-order valence-electron chi connectivity index (χ2n) is 6.14. The van der Waals surface area contributed by atoms with Crippen LogP contribution in [0.5, 0.6) is 0 Å². The number of hydrogen-bond donors (Lipinski definition) is 1. The Labute approximate surface area is 134 Å². The molecule has 0 spiro atoms. The van der Waals surface area contributed by atoms with Crippen molar-refractivity contribution < 1.29 is 9.53 Å². The fourth-order valence-corrected chi connectivity index (χ4v) is 3.85. The molecular weight excluding hydrogens is 302 g/mol. The highest BCUT2D eigenvalue weighted by molar-refractivity contribution is 7.13. The zero-order valence-electron chi connectivity index (χ0n) is 13.1. The zero-order valence-corrected chi connectivity index (χ0v) is 13.9. The highest BCUT2D eigenvalue weighted by Gasteiger charge is 2.32. The third-order valence-electron chi connectivity index (χ3n) is 4.18. The van der Waals surface area contributed by atoms with E-state index in [0.717, 1.165) is 39.0 Å². The Morgan fingerprint density at radius 1 is 1.45 bits per heavy atom.